The second kappa shape index (κ2) is 6.71. The number of amides is 1. The molecule has 0 bridgehead atoms. The molecule has 2 aromatic carbocycles. The standard InChI is InChI=1S/C16H14FN3O5S/c17-14-6-5-12(10-15(14)20(22)23)18-16(21)11-3-1-4-13(9-11)19-7-2-8-26(19,24)25/h1,3-6,9-10H,2,7-8H2,(H,18,21). The van der Waals surface area contributed by atoms with E-state index in [0.717, 1.165) is 12.1 Å². The van der Waals surface area contributed by atoms with Crippen molar-refractivity contribution < 1.29 is 22.5 Å². The summed E-state index contributed by atoms with van der Waals surface area (Å²) in [5, 5.41) is 13.2. The summed E-state index contributed by atoms with van der Waals surface area (Å²) < 4.78 is 38.6. The topological polar surface area (TPSA) is 110 Å². The van der Waals surface area contributed by atoms with E-state index >= 15 is 0 Å². The number of benzene rings is 2. The molecular weight excluding hydrogens is 365 g/mol. The Morgan fingerprint density at radius 3 is 2.65 bits per heavy atom. The Hall–Kier alpha value is -3.01. The van der Waals surface area contributed by atoms with Gasteiger partial charge in [-0.05, 0) is 36.8 Å². The molecule has 1 aliphatic rings. The van der Waals surface area contributed by atoms with Crippen LogP contribution in [0.3, 0.4) is 0 Å². The number of nitro benzene ring substituents is 1. The molecule has 0 unspecified atom stereocenters. The highest BCUT2D eigenvalue weighted by Crippen LogP contribution is 2.26. The van der Waals surface area contributed by atoms with Gasteiger partial charge < -0.3 is 5.32 Å². The zero-order valence-corrected chi connectivity index (χ0v) is 14.2. The highest BCUT2D eigenvalue weighted by molar-refractivity contribution is 7.93. The van der Waals surface area contributed by atoms with Crippen molar-refractivity contribution in [2.24, 2.45) is 0 Å². The van der Waals surface area contributed by atoms with Gasteiger partial charge in [-0.1, -0.05) is 6.07 Å². The first-order valence-electron chi connectivity index (χ1n) is 7.64. The summed E-state index contributed by atoms with van der Waals surface area (Å²) in [6.45, 7) is 0.345. The molecule has 0 aromatic heterocycles. The first-order chi connectivity index (χ1) is 12.3. The highest BCUT2D eigenvalue weighted by atomic mass is 32.2. The van der Waals surface area contributed by atoms with Crippen LogP contribution in [0.2, 0.25) is 0 Å². The number of sulfonamides is 1. The van der Waals surface area contributed by atoms with Crippen molar-refractivity contribution in [3.05, 3.63) is 64.0 Å². The molecule has 1 heterocycles. The van der Waals surface area contributed by atoms with Gasteiger partial charge in [0.2, 0.25) is 15.8 Å². The molecule has 1 aliphatic heterocycles. The van der Waals surface area contributed by atoms with Crippen molar-refractivity contribution >= 4 is 33.0 Å². The van der Waals surface area contributed by atoms with Crippen molar-refractivity contribution in [1.82, 2.24) is 0 Å². The lowest BCUT2D eigenvalue weighted by molar-refractivity contribution is -0.387. The number of nitro groups is 1. The first-order valence-corrected chi connectivity index (χ1v) is 9.24. The van der Waals surface area contributed by atoms with Gasteiger partial charge in [-0.3, -0.25) is 19.2 Å². The number of hydrogen-bond donors (Lipinski definition) is 1. The minimum atomic E-state index is -3.38. The number of nitrogens with one attached hydrogen (secondary N) is 1. The summed E-state index contributed by atoms with van der Waals surface area (Å²) in [5.41, 5.74) is -0.140. The van der Waals surface area contributed by atoms with Gasteiger partial charge in [0.25, 0.3) is 5.91 Å². The van der Waals surface area contributed by atoms with Crippen molar-refractivity contribution in [2.45, 2.75) is 6.42 Å². The monoisotopic (exact) mass is 379 g/mol. The molecule has 1 saturated heterocycles. The van der Waals surface area contributed by atoms with Gasteiger partial charge in [0.15, 0.2) is 0 Å². The van der Waals surface area contributed by atoms with Crippen LogP contribution in [0.15, 0.2) is 42.5 Å². The summed E-state index contributed by atoms with van der Waals surface area (Å²) in [6, 6.07) is 9.06. The van der Waals surface area contributed by atoms with Gasteiger partial charge in [-0.2, -0.15) is 4.39 Å². The van der Waals surface area contributed by atoms with E-state index in [1.54, 1.807) is 12.1 Å². The van der Waals surface area contributed by atoms with E-state index in [1.807, 2.05) is 0 Å². The molecule has 136 valence electrons. The van der Waals surface area contributed by atoms with Gasteiger partial charge in [0.05, 0.1) is 16.4 Å². The summed E-state index contributed by atoms with van der Waals surface area (Å²) in [7, 11) is -3.38. The molecule has 3 rings (SSSR count). The van der Waals surface area contributed by atoms with E-state index in [-0.39, 0.29) is 17.0 Å². The second-order valence-corrected chi connectivity index (χ2v) is 7.68. The fraction of sp³-hybridized carbons (Fsp3) is 0.188. The summed E-state index contributed by atoms with van der Waals surface area (Å²) in [4.78, 5) is 22.3. The largest absolute Gasteiger partial charge is 0.322 e. The minimum absolute atomic E-state index is 0.0577. The Kier molecular flexibility index (Phi) is 4.60. The van der Waals surface area contributed by atoms with Crippen LogP contribution in [0.5, 0.6) is 0 Å². The molecule has 26 heavy (non-hydrogen) atoms. The number of nitrogens with zero attached hydrogens (tertiary/aromatic N) is 2. The van der Waals surface area contributed by atoms with Crippen LogP contribution in [0, 0.1) is 15.9 Å². The molecule has 0 radical (unpaired) electrons. The zero-order chi connectivity index (χ0) is 18.9. The van der Waals surface area contributed by atoms with E-state index in [2.05, 4.69) is 5.32 Å². The van der Waals surface area contributed by atoms with Crippen molar-refractivity contribution in [3.8, 4) is 0 Å². The van der Waals surface area contributed by atoms with Crippen LogP contribution in [0.25, 0.3) is 0 Å². The highest BCUT2D eigenvalue weighted by Gasteiger charge is 2.28. The maximum Gasteiger partial charge on any atom is 0.306 e. The molecule has 2 aromatic rings. The van der Waals surface area contributed by atoms with E-state index in [0.29, 0.717) is 18.7 Å². The average Bonchev–Trinajstić information content (AvgIpc) is 2.95. The third-order valence-corrected chi connectivity index (χ3v) is 5.77. The molecule has 0 atom stereocenters. The molecule has 8 nitrogen and oxygen atoms in total. The normalized spacial score (nSPS) is 15.7. The fourth-order valence-corrected chi connectivity index (χ4v) is 4.22. The number of carbonyl (C=O) groups excluding carboxylic acids is 1. The number of anilines is 2. The molecule has 1 amide bonds. The maximum absolute atomic E-state index is 13.4. The molecule has 0 spiro atoms. The SMILES string of the molecule is O=C(Nc1ccc(F)c([N+](=O)[O-])c1)c1cccc(N2CCCS2(=O)=O)c1. The van der Waals surface area contributed by atoms with Crippen LogP contribution in [-0.2, 0) is 10.0 Å². The number of rotatable bonds is 4. The summed E-state index contributed by atoms with van der Waals surface area (Å²) in [6.07, 6.45) is 0.512. The number of carbonyl (C=O) groups is 1. The third-order valence-electron chi connectivity index (χ3n) is 3.90. The Balaban J connectivity index is 1.84. The van der Waals surface area contributed by atoms with Gasteiger partial charge >= 0.3 is 5.69 Å². The molecule has 0 saturated carbocycles. The van der Waals surface area contributed by atoms with E-state index in [4.69, 9.17) is 0 Å². The maximum atomic E-state index is 13.4. The Morgan fingerprint density at radius 1 is 1.23 bits per heavy atom. The predicted octanol–water partition coefficient (Wildman–Crippen LogP) is 2.53. The molecule has 0 aliphatic carbocycles. The second-order valence-electron chi connectivity index (χ2n) is 5.67. The van der Waals surface area contributed by atoms with E-state index < -0.39 is 32.4 Å². The minimum Gasteiger partial charge on any atom is -0.322 e. The lowest BCUT2D eigenvalue weighted by atomic mass is 10.1. The van der Waals surface area contributed by atoms with Gasteiger partial charge in [0, 0.05) is 23.9 Å². The lowest BCUT2D eigenvalue weighted by Crippen LogP contribution is -2.25. The Morgan fingerprint density at radius 2 is 2.00 bits per heavy atom. The van der Waals surface area contributed by atoms with Gasteiger partial charge in [-0.25, -0.2) is 8.42 Å². The summed E-state index contributed by atoms with van der Waals surface area (Å²) >= 11 is 0. The van der Waals surface area contributed by atoms with Crippen LogP contribution < -0.4 is 9.62 Å². The number of hydrogen-bond acceptors (Lipinski definition) is 5. The molecule has 10 heteroatoms. The summed E-state index contributed by atoms with van der Waals surface area (Å²) in [5.74, 6) is -1.54. The quantitative estimate of drug-likeness (QED) is 0.648. The smallest absolute Gasteiger partial charge is 0.306 e. The Labute approximate surface area is 148 Å². The zero-order valence-electron chi connectivity index (χ0n) is 13.4. The average molecular weight is 379 g/mol. The first kappa shape index (κ1) is 17.8. The van der Waals surface area contributed by atoms with Gasteiger partial charge in [-0.15, -0.1) is 0 Å². The molecule has 1 N–H and O–H groups in total. The van der Waals surface area contributed by atoms with Crippen molar-refractivity contribution in [1.29, 1.82) is 0 Å². The molecule has 1 fully saturated rings. The van der Waals surface area contributed by atoms with Crippen LogP contribution in [-0.4, -0.2) is 31.5 Å². The van der Waals surface area contributed by atoms with Crippen LogP contribution in [0.1, 0.15) is 16.8 Å². The van der Waals surface area contributed by atoms with Crippen LogP contribution >= 0.6 is 0 Å². The predicted molar refractivity (Wildman–Crippen MR) is 93.2 cm³/mol. The van der Waals surface area contributed by atoms with E-state index in [1.165, 1.54) is 22.5 Å². The fourth-order valence-electron chi connectivity index (χ4n) is 2.67. The van der Waals surface area contributed by atoms with Crippen molar-refractivity contribution in [3.63, 3.8) is 0 Å². The molecular formula is C16H14FN3O5S. The number of halogens is 1. The van der Waals surface area contributed by atoms with Crippen molar-refractivity contribution in [2.75, 3.05) is 21.9 Å². The Bertz CT molecular complexity index is 993. The lowest BCUT2D eigenvalue weighted by Gasteiger charge is -2.17. The third kappa shape index (κ3) is 3.49. The van der Waals surface area contributed by atoms with Gasteiger partial charge in [0.1, 0.15) is 0 Å². The van der Waals surface area contributed by atoms with Crippen LogP contribution in [0.4, 0.5) is 21.5 Å². The van der Waals surface area contributed by atoms with E-state index in [9.17, 15) is 27.7 Å².